The minimum Gasteiger partial charge on any atom is -0.366 e. The lowest BCUT2D eigenvalue weighted by Gasteiger charge is -2.15. The van der Waals surface area contributed by atoms with Crippen LogP contribution in [0.2, 0.25) is 0 Å². The van der Waals surface area contributed by atoms with Crippen molar-refractivity contribution in [3.05, 3.63) is 71.3 Å². The van der Waals surface area contributed by atoms with Crippen molar-refractivity contribution in [1.29, 1.82) is 0 Å². The van der Waals surface area contributed by atoms with Crippen molar-refractivity contribution >= 4 is 11.8 Å². The molecule has 0 unspecified atom stereocenters. The van der Waals surface area contributed by atoms with Gasteiger partial charge in [0, 0.05) is 12.1 Å². The highest BCUT2D eigenvalue weighted by Gasteiger charge is 2.17. The first-order valence-corrected chi connectivity index (χ1v) is 7.33. The Morgan fingerprint density at radius 2 is 1.82 bits per heavy atom. The van der Waals surface area contributed by atoms with Gasteiger partial charge in [-0.1, -0.05) is 49.4 Å². The molecular weight excluding hydrogens is 276 g/mol. The minimum atomic E-state index is -0.469. The summed E-state index contributed by atoms with van der Waals surface area (Å²) in [7, 11) is 0. The van der Waals surface area contributed by atoms with Crippen LogP contribution in [-0.2, 0) is 11.3 Å². The van der Waals surface area contributed by atoms with Gasteiger partial charge in [-0.05, 0) is 29.7 Å². The third-order valence-corrected chi connectivity index (χ3v) is 3.60. The Kier molecular flexibility index (Phi) is 5.31. The molecule has 0 saturated heterocycles. The molecule has 2 rings (SSSR count). The van der Waals surface area contributed by atoms with E-state index in [1.165, 1.54) is 0 Å². The molecule has 114 valence electrons. The van der Waals surface area contributed by atoms with Crippen LogP contribution in [0.4, 0.5) is 0 Å². The molecule has 3 N–H and O–H groups in total. The van der Waals surface area contributed by atoms with Crippen molar-refractivity contribution in [3.8, 4) is 0 Å². The summed E-state index contributed by atoms with van der Waals surface area (Å²) in [6, 6.07) is 16.7. The van der Waals surface area contributed by atoms with Crippen LogP contribution in [0.25, 0.3) is 0 Å². The zero-order chi connectivity index (χ0) is 15.9. The summed E-state index contributed by atoms with van der Waals surface area (Å²) < 4.78 is 0. The number of primary amides is 1. The number of nitrogens with two attached hydrogens (primary N) is 1. The summed E-state index contributed by atoms with van der Waals surface area (Å²) in [4.78, 5) is 23.5. The van der Waals surface area contributed by atoms with E-state index in [0.717, 1.165) is 17.5 Å². The second kappa shape index (κ2) is 7.41. The first kappa shape index (κ1) is 15.8. The largest absolute Gasteiger partial charge is 0.366 e. The van der Waals surface area contributed by atoms with E-state index in [1.807, 2.05) is 43.3 Å². The molecule has 0 aliphatic carbocycles. The maximum atomic E-state index is 12.4. The molecule has 0 aliphatic rings. The number of hydrogen-bond acceptors (Lipinski definition) is 2. The molecule has 22 heavy (non-hydrogen) atoms. The fraction of sp³-hybridized carbons (Fsp3) is 0.222. The van der Waals surface area contributed by atoms with E-state index < -0.39 is 5.91 Å². The first-order chi connectivity index (χ1) is 10.6. The third kappa shape index (κ3) is 3.95. The van der Waals surface area contributed by atoms with Gasteiger partial charge < -0.3 is 11.1 Å². The van der Waals surface area contributed by atoms with Crippen LogP contribution >= 0.6 is 0 Å². The molecule has 0 saturated carbocycles. The van der Waals surface area contributed by atoms with Gasteiger partial charge in [0.1, 0.15) is 0 Å². The summed E-state index contributed by atoms with van der Waals surface area (Å²) in [5.41, 5.74) is 7.57. The van der Waals surface area contributed by atoms with E-state index in [9.17, 15) is 9.59 Å². The number of nitrogens with one attached hydrogen (secondary N) is 1. The van der Waals surface area contributed by atoms with Gasteiger partial charge in [0.05, 0.1) is 5.92 Å². The number of amides is 2. The summed E-state index contributed by atoms with van der Waals surface area (Å²) in [6.07, 6.45) is 0.733. The van der Waals surface area contributed by atoms with Crippen molar-refractivity contribution in [2.45, 2.75) is 25.8 Å². The molecule has 0 spiro atoms. The fourth-order valence-corrected chi connectivity index (χ4v) is 2.40. The average Bonchev–Trinajstić information content (AvgIpc) is 2.55. The molecule has 0 bridgehead atoms. The molecule has 4 nitrogen and oxygen atoms in total. The summed E-state index contributed by atoms with van der Waals surface area (Å²) in [5, 5.41) is 2.92. The normalized spacial score (nSPS) is 11.7. The molecular formula is C18H20N2O2. The lowest BCUT2D eigenvalue weighted by atomic mass is 9.95. The maximum absolute atomic E-state index is 12.4. The number of carbonyl (C=O) groups excluding carboxylic acids is 2. The molecule has 0 aromatic heterocycles. The zero-order valence-corrected chi connectivity index (χ0v) is 12.6. The van der Waals surface area contributed by atoms with Crippen LogP contribution in [0.5, 0.6) is 0 Å². The number of benzene rings is 2. The number of carbonyl (C=O) groups is 2. The standard InChI is InChI=1S/C18H20N2O2/c1-2-16(14-8-4-3-5-9-14)18(22)20-12-13-7-6-10-15(11-13)17(19)21/h3-11,16H,2,12H2,1H3,(H2,19,21)(H,20,22)/t16-/m1/s1. The molecule has 0 aliphatic heterocycles. The van der Waals surface area contributed by atoms with Crippen LogP contribution in [0, 0.1) is 0 Å². The van der Waals surface area contributed by atoms with Gasteiger partial charge in [0.15, 0.2) is 0 Å². The van der Waals surface area contributed by atoms with Crippen molar-refractivity contribution in [3.63, 3.8) is 0 Å². The minimum absolute atomic E-state index is 0.0156. The zero-order valence-electron chi connectivity index (χ0n) is 12.6. The second-order valence-corrected chi connectivity index (χ2v) is 5.15. The van der Waals surface area contributed by atoms with E-state index in [-0.39, 0.29) is 11.8 Å². The van der Waals surface area contributed by atoms with Gasteiger partial charge in [-0.3, -0.25) is 9.59 Å². The number of hydrogen-bond donors (Lipinski definition) is 2. The number of rotatable bonds is 6. The second-order valence-electron chi connectivity index (χ2n) is 5.15. The lowest BCUT2D eigenvalue weighted by Crippen LogP contribution is -2.28. The monoisotopic (exact) mass is 296 g/mol. The Balaban J connectivity index is 2.03. The Morgan fingerprint density at radius 1 is 1.09 bits per heavy atom. The highest BCUT2D eigenvalue weighted by Crippen LogP contribution is 2.19. The van der Waals surface area contributed by atoms with E-state index in [1.54, 1.807) is 18.2 Å². The van der Waals surface area contributed by atoms with Gasteiger partial charge in [0.2, 0.25) is 11.8 Å². The van der Waals surface area contributed by atoms with Crippen LogP contribution in [-0.4, -0.2) is 11.8 Å². The van der Waals surface area contributed by atoms with Crippen molar-refractivity contribution in [2.75, 3.05) is 0 Å². The van der Waals surface area contributed by atoms with E-state index >= 15 is 0 Å². The van der Waals surface area contributed by atoms with Gasteiger partial charge in [0.25, 0.3) is 0 Å². The topological polar surface area (TPSA) is 72.2 Å². The molecule has 1 atom stereocenters. The molecule has 2 amide bonds. The fourth-order valence-electron chi connectivity index (χ4n) is 2.40. The maximum Gasteiger partial charge on any atom is 0.248 e. The lowest BCUT2D eigenvalue weighted by molar-refractivity contribution is -0.122. The SMILES string of the molecule is CC[C@@H](C(=O)NCc1cccc(C(N)=O)c1)c1ccccc1. The van der Waals surface area contributed by atoms with Gasteiger partial charge in [-0.15, -0.1) is 0 Å². The quantitative estimate of drug-likeness (QED) is 0.860. The van der Waals surface area contributed by atoms with Crippen molar-refractivity contribution in [2.24, 2.45) is 5.73 Å². The predicted molar refractivity (Wildman–Crippen MR) is 86.3 cm³/mol. The Bertz CT molecular complexity index is 653. The van der Waals surface area contributed by atoms with Gasteiger partial charge in [-0.2, -0.15) is 0 Å². The molecule has 0 heterocycles. The molecule has 4 heteroatoms. The van der Waals surface area contributed by atoms with Gasteiger partial charge >= 0.3 is 0 Å². The summed E-state index contributed by atoms with van der Waals surface area (Å²) in [6.45, 7) is 2.37. The van der Waals surface area contributed by atoms with E-state index in [0.29, 0.717) is 12.1 Å². The van der Waals surface area contributed by atoms with E-state index in [4.69, 9.17) is 5.73 Å². The average molecular weight is 296 g/mol. The highest BCUT2D eigenvalue weighted by molar-refractivity contribution is 5.92. The first-order valence-electron chi connectivity index (χ1n) is 7.33. The van der Waals surface area contributed by atoms with E-state index in [2.05, 4.69) is 5.32 Å². The van der Waals surface area contributed by atoms with Crippen LogP contribution in [0.3, 0.4) is 0 Å². The summed E-state index contributed by atoms with van der Waals surface area (Å²) >= 11 is 0. The molecule has 2 aromatic carbocycles. The van der Waals surface area contributed by atoms with Gasteiger partial charge in [-0.25, -0.2) is 0 Å². The Hall–Kier alpha value is -2.62. The Morgan fingerprint density at radius 3 is 2.45 bits per heavy atom. The highest BCUT2D eigenvalue weighted by atomic mass is 16.2. The predicted octanol–water partition coefficient (Wildman–Crippen LogP) is 2.60. The van der Waals surface area contributed by atoms with Crippen LogP contribution < -0.4 is 11.1 Å². The van der Waals surface area contributed by atoms with Crippen molar-refractivity contribution in [1.82, 2.24) is 5.32 Å². The van der Waals surface area contributed by atoms with Crippen molar-refractivity contribution < 1.29 is 9.59 Å². The van der Waals surface area contributed by atoms with Crippen LogP contribution in [0.1, 0.15) is 40.7 Å². The molecule has 0 fully saturated rings. The molecule has 2 aromatic rings. The molecule has 0 radical (unpaired) electrons. The smallest absolute Gasteiger partial charge is 0.248 e. The summed E-state index contributed by atoms with van der Waals surface area (Å²) in [5.74, 6) is -0.650. The third-order valence-electron chi connectivity index (χ3n) is 3.60. The van der Waals surface area contributed by atoms with Crippen LogP contribution in [0.15, 0.2) is 54.6 Å². The Labute approximate surface area is 130 Å².